The van der Waals surface area contributed by atoms with Gasteiger partial charge < -0.3 is 10.2 Å². The molecule has 0 aromatic heterocycles. The molecule has 0 atom stereocenters. The zero-order valence-electron chi connectivity index (χ0n) is 10.6. The Balaban J connectivity index is 2.21. The molecule has 1 fully saturated rings. The fourth-order valence-corrected chi connectivity index (χ4v) is 1.69. The third-order valence-corrected chi connectivity index (χ3v) is 2.69. The predicted octanol–water partition coefficient (Wildman–Crippen LogP) is 0.353. The lowest BCUT2D eigenvalue weighted by Crippen LogP contribution is -2.33. The van der Waals surface area contributed by atoms with Crippen molar-refractivity contribution in [2.75, 3.05) is 26.7 Å². The Bertz CT molecular complexity index is 354. The first-order valence-corrected chi connectivity index (χ1v) is 5.99. The van der Waals surface area contributed by atoms with Gasteiger partial charge in [0.15, 0.2) is 0 Å². The van der Waals surface area contributed by atoms with Crippen LogP contribution in [0.3, 0.4) is 0 Å². The first kappa shape index (κ1) is 14.2. The first-order chi connectivity index (χ1) is 8.56. The number of imide groups is 1. The molecule has 0 radical (unpaired) electrons. The quantitative estimate of drug-likeness (QED) is 0.404. The van der Waals surface area contributed by atoms with Gasteiger partial charge in [-0.2, -0.15) is 0 Å². The van der Waals surface area contributed by atoms with E-state index in [4.69, 9.17) is 0 Å². The molecule has 0 aromatic rings. The van der Waals surface area contributed by atoms with Crippen LogP contribution >= 0.6 is 0 Å². The summed E-state index contributed by atoms with van der Waals surface area (Å²) in [6.45, 7) is 4.57. The van der Waals surface area contributed by atoms with Crippen LogP contribution in [-0.4, -0.2) is 54.3 Å². The highest BCUT2D eigenvalue weighted by Crippen LogP contribution is 2.08. The lowest BCUT2D eigenvalue weighted by molar-refractivity contribution is -0.126. The van der Waals surface area contributed by atoms with E-state index in [1.54, 1.807) is 13.1 Å². The molecular weight excluding hydrogens is 234 g/mol. The Kier molecular flexibility index (Phi) is 5.35. The molecule has 1 saturated heterocycles. The Morgan fingerprint density at radius 1 is 1.50 bits per heavy atom. The van der Waals surface area contributed by atoms with Gasteiger partial charge in [-0.25, -0.2) is 4.79 Å². The van der Waals surface area contributed by atoms with Crippen LogP contribution < -0.4 is 5.32 Å². The van der Waals surface area contributed by atoms with E-state index >= 15 is 0 Å². The van der Waals surface area contributed by atoms with Gasteiger partial charge >= 0.3 is 6.03 Å². The van der Waals surface area contributed by atoms with E-state index in [1.807, 2.05) is 0 Å². The van der Waals surface area contributed by atoms with Crippen molar-refractivity contribution >= 4 is 17.8 Å². The number of urea groups is 1. The normalized spacial score (nSPS) is 15.2. The summed E-state index contributed by atoms with van der Waals surface area (Å²) in [6.07, 6.45) is 3.28. The molecule has 0 spiro atoms. The smallest absolute Gasteiger partial charge is 0.326 e. The molecule has 4 amide bonds. The maximum absolute atomic E-state index is 11.5. The third kappa shape index (κ3) is 3.87. The summed E-state index contributed by atoms with van der Waals surface area (Å²) < 4.78 is 0. The summed E-state index contributed by atoms with van der Waals surface area (Å²) in [5.74, 6) is -0.265. The van der Waals surface area contributed by atoms with Crippen LogP contribution in [0.5, 0.6) is 0 Å². The van der Waals surface area contributed by atoms with Crippen LogP contribution in [0, 0.1) is 0 Å². The number of nitrogens with zero attached hydrogens (tertiary/aromatic N) is 2. The molecule has 0 aromatic carbocycles. The second-order valence-electron chi connectivity index (χ2n) is 4.21. The van der Waals surface area contributed by atoms with Crippen LogP contribution in [0.25, 0.3) is 0 Å². The van der Waals surface area contributed by atoms with Crippen LogP contribution in [0.4, 0.5) is 4.79 Å². The van der Waals surface area contributed by atoms with Gasteiger partial charge in [-0.05, 0) is 12.8 Å². The summed E-state index contributed by atoms with van der Waals surface area (Å²) in [5.41, 5.74) is 0. The molecule has 18 heavy (non-hydrogen) atoms. The minimum atomic E-state index is -0.285. The summed E-state index contributed by atoms with van der Waals surface area (Å²) in [6, 6.07) is -0.285. The number of carbonyl (C=O) groups is 3. The van der Waals surface area contributed by atoms with Crippen LogP contribution in [-0.2, 0) is 9.59 Å². The molecule has 1 aliphatic rings. The number of nitrogens with one attached hydrogen (secondary N) is 1. The van der Waals surface area contributed by atoms with Crippen molar-refractivity contribution in [3.63, 3.8) is 0 Å². The van der Waals surface area contributed by atoms with Crippen molar-refractivity contribution in [1.29, 1.82) is 0 Å². The van der Waals surface area contributed by atoms with Crippen molar-refractivity contribution in [2.45, 2.75) is 19.3 Å². The SMILES string of the molecule is C=CCCNC(=O)CCCN1C(=O)CN(C)C1=O. The van der Waals surface area contributed by atoms with Gasteiger partial charge in [0, 0.05) is 26.6 Å². The first-order valence-electron chi connectivity index (χ1n) is 5.99. The van der Waals surface area contributed by atoms with Gasteiger partial charge in [-0.1, -0.05) is 6.08 Å². The molecule has 6 nitrogen and oxygen atoms in total. The average Bonchev–Trinajstić information content (AvgIpc) is 2.56. The number of hydrogen-bond acceptors (Lipinski definition) is 3. The average molecular weight is 253 g/mol. The minimum absolute atomic E-state index is 0.0655. The Hall–Kier alpha value is -1.85. The molecule has 100 valence electrons. The highest BCUT2D eigenvalue weighted by Gasteiger charge is 2.32. The molecule has 1 rings (SSSR count). The maximum Gasteiger partial charge on any atom is 0.326 e. The van der Waals surface area contributed by atoms with Gasteiger partial charge in [0.25, 0.3) is 0 Å². The number of carbonyl (C=O) groups excluding carboxylic acids is 3. The minimum Gasteiger partial charge on any atom is -0.356 e. The Morgan fingerprint density at radius 2 is 2.22 bits per heavy atom. The second kappa shape index (κ2) is 6.78. The van der Waals surface area contributed by atoms with E-state index in [2.05, 4.69) is 11.9 Å². The molecule has 0 unspecified atom stereocenters. The van der Waals surface area contributed by atoms with Crippen molar-refractivity contribution in [3.8, 4) is 0 Å². The van der Waals surface area contributed by atoms with Crippen molar-refractivity contribution in [1.82, 2.24) is 15.1 Å². The fourth-order valence-electron chi connectivity index (χ4n) is 1.69. The van der Waals surface area contributed by atoms with Crippen LogP contribution in [0.15, 0.2) is 12.7 Å². The molecule has 1 aliphatic heterocycles. The van der Waals surface area contributed by atoms with E-state index in [-0.39, 0.29) is 24.4 Å². The summed E-state index contributed by atoms with van der Waals surface area (Å²) in [5, 5.41) is 2.73. The van der Waals surface area contributed by atoms with E-state index in [9.17, 15) is 14.4 Å². The number of likely N-dealkylation sites (N-methyl/N-ethyl adjacent to an activating group) is 1. The van der Waals surface area contributed by atoms with E-state index in [0.29, 0.717) is 25.9 Å². The van der Waals surface area contributed by atoms with E-state index in [0.717, 1.165) is 6.42 Å². The zero-order chi connectivity index (χ0) is 13.5. The fraction of sp³-hybridized carbons (Fsp3) is 0.583. The largest absolute Gasteiger partial charge is 0.356 e. The molecule has 1 N–H and O–H groups in total. The van der Waals surface area contributed by atoms with Crippen molar-refractivity contribution < 1.29 is 14.4 Å². The number of amides is 4. The molecular formula is C12H19N3O3. The number of hydrogen-bond donors (Lipinski definition) is 1. The summed E-state index contributed by atoms with van der Waals surface area (Å²) in [4.78, 5) is 36.9. The van der Waals surface area contributed by atoms with Crippen molar-refractivity contribution in [2.24, 2.45) is 0 Å². The standard InChI is InChI=1S/C12H19N3O3/c1-3-4-7-13-10(16)6-5-8-15-11(17)9-14(2)12(15)18/h3H,1,4-9H2,2H3,(H,13,16). The lowest BCUT2D eigenvalue weighted by atomic mass is 10.2. The van der Waals surface area contributed by atoms with E-state index < -0.39 is 0 Å². The van der Waals surface area contributed by atoms with Crippen LogP contribution in [0.2, 0.25) is 0 Å². The zero-order valence-corrected chi connectivity index (χ0v) is 10.6. The maximum atomic E-state index is 11.5. The monoisotopic (exact) mass is 253 g/mol. The Morgan fingerprint density at radius 3 is 2.78 bits per heavy atom. The molecule has 0 aliphatic carbocycles. The topological polar surface area (TPSA) is 69.7 Å². The van der Waals surface area contributed by atoms with Gasteiger partial charge in [0.1, 0.15) is 6.54 Å². The molecule has 1 heterocycles. The summed E-state index contributed by atoms with van der Waals surface area (Å²) in [7, 11) is 1.59. The highest BCUT2D eigenvalue weighted by molar-refractivity contribution is 6.01. The van der Waals surface area contributed by atoms with Crippen molar-refractivity contribution in [3.05, 3.63) is 12.7 Å². The lowest BCUT2D eigenvalue weighted by Gasteiger charge is -2.13. The van der Waals surface area contributed by atoms with Gasteiger partial charge in [-0.3, -0.25) is 14.5 Å². The molecule has 0 saturated carbocycles. The Labute approximate surface area is 107 Å². The van der Waals surface area contributed by atoms with E-state index in [1.165, 1.54) is 9.80 Å². The second-order valence-corrected chi connectivity index (χ2v) is 4.21. The molecule has 6 heteroatoms. The van der Waals surface area contributed by atoms with Gasteiger partial charge in [0.05, 0.1) is 0 Å². The highest BCUT2D eigenvalue weighted by atomic mass is 16.2. The van der Waals surface area contributed by atoms with Crippen LogP contribution in [0.1, 0.15) is 19.3 Å². The molecule has 0 bridgehead atoms. The number of rotatable bonds is 7. The summed E-state index contributed by atoms with van der Waals surface area (Å²) >= 11 is 0. The van der Waals surface area contributed by atoms with Gasteiger partial charge in [-0.15, -0.1) is 6.58 Å². The third-order valence-electron chi connectivity index (χ3n) is 2.69. The van der Waals surface area contributed by atoms with Gasteiger partial charge in [0.2, 0.25) is 11.8 Å². The predicted molar refractivity (Wildman–Crippen MR) is 66.8 cm³/mol.